The number of carbonyl (C=O) groups is 1. The van der Waals surface area contributed by atoms with Gasteiger partial charge in [0.1, 0.15) is 0 Å². The van der Waals surface area contributed by atoms with Crippen LogP contribution in [-0.4, -0.2) is 64.2 Å². The Labute approximate surface area is 122 Å². The number of likely N-dealkylation sites (N-methyl/N-ethyl adjacent to an activating group) is 1. The van der Waals surface area contributed by atoms with Crippen LogP contribution in [0.15, 0.2) is 30.5 Å². The van der Waals surface area contributed by atoms with Crippen LogP contribution < -0.4 is 4.90 Å². The second kappa shape index (κ2) is 5.53. The van der Waals surface area contributed by atoms with Crippen molar-refractivity contribution in [3.63, 3.8) is 0 Å². The summed E-state index contributed by atoms with van der Waals surface area (Å²) >= 11 is 0. The molecule has 3 rings (SSSR count). The van der Waals surface area contributed by atoms with Crippen LogP contribution in [0.25, 0.3) is 5.69 Å². The molecule has 0 atom stereocenters. The second-order valence-electron chi connectivity index (χ2n) is 5.14. The number of carboxylic acids is 1. The predicted molar refractivity (Wildman–Crippen MR) is 78.0 cm³/mol. The zero-order valence-corrected chi connectivity index (χ0v) is 11.8. The van der Waals surface area contributed by atoms with E-state index in [4.69, 9.17) is 5.11 Å². The summed E-state index contributed by atoms with van der Waals surface area (Å²) < 4.78 is 1.33. The lowest BCUT2D eigenvalue weighted by atomic mass is 10.2. The molecule has 7 nitrogen and oxygen atoms in total. The third kappa shape index (κ3) is 2.73. The number of aromatic nitrogens is 3. The zero-order chi connectivity index (χ0) is 14.8. The first-order chi connectivity index (χ1) is 10.1. The van der Waals surface area contributed by atoms with E-state index < -0.39 is 5.97 Å². The predicted octanol–water partition coefficient (Wildman–Crippen LogP) is 0.717. The van der Waals surface area contributed by atoms with Crippen molar-refractivity contribution < 1.29 is 9.90 Å². The molecule has 1 aromatic heterocycles. The Hall–Kier alpha value is -2.41. The molecule has 1 saturated heterocycles. The third-order valence-electron chi connectivity index (χ3n) is 3.73. The van der Waals surface area contributed by atoms with E-state index in [-0.39, 0.29) is 5.69 Å². The van der Waals surface area contributed by atoms with Crippen molar-refractivity contribution in [2.24, 2.45) is 0 Å². The van der Waals surface area contributed by atoms with Crippen LogP contribution >= 0.6 is 0 Å². The van der Waals surface area contributed by atoms with Crippen LogP contribution in [0.3, 0.4) is 0 Å². The van der Waals surface area contributed by atoms with Gasteiger partial charge in [-0.05, 0) is 31.3 Å². The van der Waals surface area contributed by atoms with Gasteiger partial charge in [0, 0.05) is 31.9 Å². The molecule has 1 aliphatic heterocycles. The SMILES string of the molecule is CN1CCN(c2ccc(-n3nncc3C(=O)O)cc2)CC1. The van der Waals surface area contributed by atoms with Crippen molar-refractivity contribution in [2.45, 2.75) is 0 Å². The third-order valence-corrected chi connectivity index (χ3v) is 3.73. The van der Waals surface area contributed by atoms with Gasteiger partial charge in [0.2, 0.25) is 0 Å². The molecule has 2 aromatic rings. The summed E-state index contributed by atoms with van der Waals surface area (Å²) in [6, 6.07) is 7.73. The number of hydrogen-bond donors (Lipinski definition) is 1. The highest BCUT2D eigenvalue weighted by Gasteiger charge is 2.16. The van der Waals surface area contributed by atoms with Crippen molar-refractivity contribution in [3.05, 3.63) is 36.2 Å². The van der Waals surface area contributed by atoms with E-state index in [0.29, 0.717) is 5.69 Å². The molecular formula is C14H17N5O2. The van der Waals surface area contributed by atoms with Gasteiger partial charge in [-0.1, -0.05) is 5.21 Å². The van der Waals surface area contributed by atoms with E-state index in [1.807, 2.05) is 24.3 Å². The van der Waals surface area contributed by atoms with E-state index in [9.17, 15) is 4.79 Å². The van der Waals surface area contributed by atoms with Gasteiger partial charge < -0.3 is 14.9 Å². The molecule has 1 aliphatic rings. The average Bonchev–Trinajstić information content (AvgIpc) is 2.98. The van der Waals surface area contributed by atoms with E-state index >= 15 is 0 Å². The fourth-order valence-corrected chi connectivity index (χ4v) is 2.44. The Kier molecular flexibility index (Phi) is 3.57. The monoisotopic (exact) mass is 287 g/mol. The molecule has 0 aliphatic carbocycles. The van der Waals surface area contributed by atoms with Crippen LogP contribution in [0.4, 0.5) is 5.69 Å². The highest BCUT2D eigenvalue weighted by molar-refractivity contribution is 5.85. The van der Waals surface area contributed by atoms with Gasteiger partial charge in [-0.25, -0.2) is 9.48 Å². The lowest BCUT2D eigenvalue weighted by Gasteiger charge is -2.34. The number of anilines is 1. The molecule has 1 aromatic carbocycles. The number of benzene rings is 1. The Morgan fingerprint density at radius 2 is 1.71 bits per heavy atom. The molecule has 0 unspecified atom stereocenters. The van der Waals surface area contributed by atoms with Gasteiger partial charge in [-0.2, -0.15) is 0 Å². The summed E-state index contributed by atoms with van der Waals surface area (Å²) in [6.07, 6.45) is 1.25. The minimum absolute atomic E-state index is 0.0577. The smallest absolute Gasteiger partial charge is 0.356 e. The first-order valence-corrected chi connectivity index (χ1v) is 6.83. The molecule has 0 saturated carbocycles. The highest BCUT2D eigenvalue weighted by atomic mass is 16.4. The number of piperazine rings is 1. The second-order valence-corrected chi connectivity index (χ2v) is 5.14. The average molecular weight is 287 g/mol. The Morgan fingerprint density at radius 3 is 2.33 bits per heavy atom. The molecule has 0 spiro atoms. The fraction of sp³-hybridized carbons (Fsp3) is 0.357. The van der Waals surface area contributed by atoms with Crippen molar-refractivity contribution in [1.82, 2.24) is 19.9 Å². The molecule has 0 bridgehead atoms. The topological polar surface area (TPSA) is 74.5 Å². The summed E-state index contributed by atoms with van der Waals surface area (Å²) in [7, 11) is 2.12. The maximum atomic E-state index is 11.1. The van der Waals surface area contributed by atoms with E-state index in [1.54, 1.807) is 0 Å². The summed E-state index contributed by atoms with van der Waals surface area (Å²) in [6.45, 7) is 4.10. The Balaban J connectivity index is 1.81. The lowest BCUT2D eigenvalue weighted by Crippen LogP contribution is -2.44. The quantitative estimate of drug-likeness (QED) is 0.896. The van der Waals surface area contributed by atoms with E-state index in [1.165, 1.54) is 10.9 Å². The number of carboxylic acid groups (broad SMARTS) is 1. The maximum Gasteiger partial charge on any atom is 0.356 e. The molecule has 2 heterocycles. The summed E-state index contributed by atoms with van der Waals surface area (Å²) in [5, 5.41) is 16.6. The van der Waals surface area contributed by atoms with Crippen molar-refractivity contribution in [3.8, 4) is 5.69 Å². The van der Waals surface area contributed by atoms with Gasteiger partial charge in [0.15, 0.2) is 5.69 Å². The molecule has 0 radical (unpaired) electrons. The molecular weight excluding hydrogens is 270 g/mol. The van der Waals surface area contributed by atoms with Crippen LogP contribution in [0, 0.1) is 0 Å². The Bertz CT molecular complexity index is 629. The molecule has 0 amide bonds. The van der Waals surface area contributed by atoms with E-state index in [2.05, 4.69) is 27.2 Å². The Morgan fingerprint density at radius 1 is 1.10 bits per heavy atom. The number of rotatable bonds is 3. The first kappa shape index (κ1) is 13.6. The van der Waals surface area contributed by atoms with Gasteiger partial charge in [0.25, 0.3) is 0 Å². The molecule has 110 valence electrons. The van der Waals surface area contributed by atoms with Crippen molar-refractivity contribution in [1.29, 1.82) is 0 Å². The van der Waals surface area contributed by atoms with Gasteiger partial charge in [-0.3, -0.25) is 0 Å². The van der Waals surface area contributed by atoms with Crippen molar-refractivity contribution >= 4 is 11.7 Å². The fourth-order valence-electron chi connectivity index (χ4n) is 2.44. The van der Waals surface area contributed by atoms with Gasteiger partial charge in [0.05, 0.1) is 11.9 Å². The normalized spacial score (nSPS) is 16.1. The zero-order valence-electron chi connectivity index (χ0n) is 11.8. The van der Waals surface area contributed by atoms with Crippen molar-refractivity contribution in [2.75, 3.05) is 38.1 Å². The molecule has 21 heavy (non-hydrogen) atoms. The minimum Gasteiger partial charge on any atom is -0.476 e. The molecule has 1 fully saturated rings. The summed E-state index contributed by atoms with van der Waals surface area (Å²) in [5.74, 6) is -1.04. The first-order valence-electron chi connectivity index (χ1n) is 6.83. The summed E-state index contributed by atoms with van der Waals surface area (Å²) in [4.78, 5) is 15.7. The standard InChI is InChI=1S/C14H17N5O2/c1-17-6-8-18(9-7-17)11-2-4-12(5-3-11)19-13(14(20)21)10-15-16-19/h2-5,10H,6-9H2,1H3,(H,20,21). The maximum absolute atomic E-state index is 11.1. The number of aromatic carboxylic acids is 1. The lowest BCUT2D eigenvalue weighted by molar-refractivity contribution is 0.0687. The van der Waals surface area contributed by atoms with Gasteiger partial charge in [-0.15, -0.1) is 5.10 Å². The van der Waals surface area contributed by atoms with Crippen LogP contribution in [0.2, 0.25) is 0 Å². The number of hydrogen-bond acceptors (Lipinski definition) is 5. The van der Waals surface area contributed by atoms with E-state index in [0.717, 1.165) is 31.9 Å². The summed E-state index contributed by atoms with van der Waals surface area (Å²) in [5.41, 5.74) is 1.90. The van der Waals surface area contributed by atoms with Gasteiger partial charge >= 0.3 is 5.97 Å². The highest BCUT2D eigenvalue weighted by Crippen LogP contribution is 2.19. The molecule has 7 heteroatoms. The largest absolute Gasteiger partial charge is 0.476 e. The molecule has 1 N–H and O–H groups in total. The van der Waals surface area contributed by atoms with Crippen LogP contribution in [0.1, 0.15) is 10.5 Å². The minimum atomic E-state index is -1.04. The number of nitrogens with zero attached hydrogens (tertiary/aromatic N) is 5. The van der Waals surface area contributed by atoms with Crippen LogP contribution in [-0.2, 0) is 0 Å². The van der Waals surface area contributed by atoms with Crippen LogP contribution in [0.5, 0.6) is 0 Å².